The second-order valence-corrected chi connectivity index (χ2v) is 19.4. The van der Waals surface area contributed by atoms with Crippen LogP contribution in [0.2, 0.25) is 0 Å². The predicted molar refractivity (Wildman–Crippen MR) is 166 cm³/mol. The number of hydrogen-bond donors (Lipinski definition) is 0. The monoisotopic (exact) mass is 601 g/mol. The third-order valence-electron chi connectivity index (χ3n) is 6.87. The van der Waals surface area contributed by atoms with Crippen molar-refractivity contribution in [2.75, 3.05) is 6.16 Å². The van der Waals surface area contributed by atoms with Gasteiger partial charge < -0.3 is 0 Å². The number of ether oxygens (including phenoxy) is 1. The van der Waals surface area contributed by atoms with Gasteiger partial charge in [0.1, 0.15) is 0 Å². The topological polar surface area (TPSA) is 39.2 Å². The Bertz CT molecular complexity index is 1440. The Kier molecular flexibility index (Phi) is 7.63. The van der Waals surface area contributed by atoms with Gasteiger partial charge in [-0.2, -0.15) is 0 Å². The fraction of sp³-hybridized carbons (Fsp3) is 0.125. The quantitative estimate of drug-likeness (QED) is 0.138. The summed E-state index contributed by atoms with van der Waals surface area (Å²) in [5.41, 5.74) is 3.18. The van der Waals surface area contributed by atoms with Crippen LogP contribution in [0, 0.1) is 13.8 Å². The molecule has 6 heteroatoms. The summed E-state index contributed by atoms with van der Waals surface area (Å²) >= 11 is 5.90. The van der Waals surface area contributed by atoms with E-state index in [-0.39, 0.29) is 18.7 Å². The molecule has 0 aliphatic heterocycles. The molecule has 4 aromatic carbocycles. The first kappa shape index (κ1) is 26.5. The van der Waals surface area contributed by atoms with E-state index in [0.717, 1.165) is 37.1 Å². The minimum atomic E-state index is -3.39. The van der Waals surface area contributed by atoms with Crippen molar-refractivity contribution in [3.05, 3.63) is 131 Å². The molecule has 0 fully saturated rings. The number of aromatic nitrogens is 1. The molecule has 0 aliphatic rings. The van der Waals surface area contributed by atoms with Gasteiger partial charge in [0, 0.05) is 0 Å². The van der Waals surface area contributed by atoms with E-state index >= 15 is 0 Å². The van der Waals surface area contributed by atoms with Crippen molar-refractivity contribution in [2.24, 2.45) is 0 Å². The van der Waals surface area contributed by atoms with Gasteiger partial charge in [0.25, 0.3) is 0 Å². The summed E-state index contributed by atoms with van der Waals surface area (Å²) in [4.78, 5) is 19.5. The summed E-state index contributed by atoms with van der Waals surface area (Å²) in [6.07, 6.45) is 0.201. The minimum absolute atomic E-state index is 0.200. The van der Waals surface area contributed by atoms with E-state index in [9.17, 15) is 4.79 Å². The molecule has 0 saturated heterocycles. The number of benzene rings is 4. The summed E-state index contributed by atoms with van der Waals surface area (Å²) in [5.74, 6) is -0.249. The molecule has 0 bridgehead atoms. The van der Waals surface area contributed by atoms with E-state index in [1.165, 1.54) is 5.56 Å². The van der Waals surface area contributed by atoms with Crippen molar-refractivity contribution < 1.29 is 9.53 Å². The average molecular weight is 603 g/mol. The fourth-order valence-electron chi connectivity index (χ4n) is 4.75. The molecule has 0 atom stereocenters. The molecular formula is C32H29BrNO2PS. The van der Waals surface area contributed by atoms with Crippen LogP contribution in [-0.2, 0) is 16.1 Å². The zero-order valence-corrected chi connectivity index (χ0v) is 24.7. The summed E-state index contributed by atoms with van der Waals surface area (Å²) in [7, 11) is 0. The first-order valence-corrected chi connectivity index (χ1v) is 17.7. The van der Waals surface area contributed by atoms with Crippen molar-refractivity contribution in [3.8, 4) is 10.6 Å². The van der Waals surface area contributed by atoms with E-state index in [2.05, 4.69) is 83.1 Å². The van der Waals surface area contributed by atoms with Gasteiger partial charge in [-0.1, -0.05) is 0 Å². The van der Waals surface area contributed by atoms with Crippen LogP contribution in [0.4, 0.5) is 0 Å². The molecule has 38 heavy (non-hydrogen) atoms. The van der Waals surface area contributed by atoms with E-state index in [0.29, 0.717) is 0 Å². The number of halogens is 1. The SMILES string of the molecule is Cc1ccc(-c2nc(C)c(COC(=O)CP(Br)(c3ccccc3)(c3ccccc3)c3ccccc3)s2)cc1. The van der Waals surface area contributed by atoms with Gasteiger partial charge in [0.2, 0.25) is 0 Å². The van der Waals surface area contributed by atoms with E-state index in [1.807, 2.05) is 61.5 Å². The maximum atomic E-state index is 13.7. The van der Waals surface area contributed by atoms with Crippen LogP contribution >= 0.6 is 32.1 Å². The molecule has 5 rings (SSSR count). The molecule has 1 aromatic heterocycles. The molecule has 0 aliphatic carbocycles. The Labute approximate surface area is 236 Å². The van der Waals surface area contributed by atoms with Crippen molar-refractivity contribution in [1.29, 1.82) is 0 Å². The first-order valence-electron chi connectivity index (χ1n) is 12.5. The standard InChI is InChI=1S/C32H29BrNO2PS/c1-24-18-20-26(21-19-24)32-34-25(2)30(38-32)22-36-31(35)23-37(33,27-12-6-3-7-13-27,28-14-8-4-9-15-28)29-16-10-5-11-17-29/h3-21H,22-23H2,1-2H3. The molecule has 3 nitrogen and oxygen atoms in total. The molecule has 0 N–H and O–H groups in total. The summed E-state index contributed by atoms with van der Waals surface area (Å²) in [5, 5.41) is 0.811. The summed E-state index contributed by atoms with van der Waals surface area (Å²) < 4.78 is 6.00. The van der Waals surface area contributed by atoms with Crippen molar-refractivity contribution in [1.82, 2.24) is 4.98 Å². The van der Waals surface area contributed by atoms with E-state index < -0.39 is 5.31 Å². The van der Waals surface area contributed by atoms with Crippen molar-refractivity contribution in [2.45, 2.75) is 20.5 Å². The van der Waals surface area contributed by atoms with Gasteiger partial charge >= 0.3 is 237 Å². The molecule has 1 heterocycles. The number of aryl methyl sites for hydroxylation is 2. The van der Waals surface area contributed by atoms with Crippen LogP contribution in [-0.4, -0.2) is 17.1 Å². The van der Waals surface area contributed by atoms with Crippen LogP contribution in [0.1, 0.15) is 16.1 Å². The molecule has 0 spiro atoms. The normalized spacial score (nSPS) is 12.4. The van der Waals surface area contributed by atoms with Crippen LogP contribution in [0.15, 0.2) is 115 Å². The Balaban J connectivity index is 1.49. The zero-order chi connectivity index (χ0) is 26.6. The maximum absolute atomic E-state index is 13.7. The van der Waals surface area contributed by atoms with Gasteiger partial charge in [-0.25, -0.2) is 0 Å². The number of rotatable bonds is 8. The average Bonchev–Trinajstić information content (AvgIpc) is 3.34. The van der Waals surface area contributed by atoms with Gasteiger partial charge in [-0.05, 0) is 0 Å². The summed E-state index contributed by atoms with van der Waals surface area (Å²) in [6.45, 7) is 4.24. The molecule has 0 radical (unpaired) electrons. The molecular weight excluding hydrogens is 573 g/mol. The Morgan fingerprint density at radius 2 is 1.24 bits per heavy atom. The third kappa shape index (κ3) is 4.99. The second-order valence-electron chi connectivity index (χ2n) is 9.40. The Morgan fingerprint density at radius 1 is 0.763 bits per heavy atom. The predicted octanol–water partition coefficient (Wildman–Crippen LogP) is 7.31. The molecule has 0 unspecified atom stereocenters. The number of carbonyl (C=O) groups excluding carboxylic acids is 1. The molecule has 5 aromatic rings. The third-order valence-corrected chi connectivity index (χ3v) is 17.5. The van der Waals surface area contributed by atoms with Gasteiger partial charge in [-0.15, -0.1) is 0 Å². The van der Waals surface area contributed by atoms with Crippen molar-refractivity contribution >= 4 is 54.0 Å². The van der Waals surface area contributed by atoms with E-state index in [1.54, 1.807) is 11.3 Å². The number of nitrogens with zero attached hydrogens (tertiary/aromatic N) is 1. The van der Waals surface area contributed by atoms with Crippen LogP contribution in [0.5, 0.6) is 0 Å². The van der Waals surface area contributed by atoms with Crippen LogP contribution < -0.4 is 15.9 Å². The Morgan fingerprint density at radius 3 is 1.71 bits per heavy atom. The van der Waals surface area contributed by atoms with E-state index in [4.69, 9.17) is 9.72 Å². The number of thiazole rings is 1. The van der Waals surface area contributed by atoms with Crippen LogP contribution in [0.3, 0.4) is 0 Å². The van der Waals surface area contributed by atoms with Crippen molar-refractivity contribution in [3.63, 3.8) is 0 Å². The van der Waals surface area contributed by atoms with Gasteiger partial charge in [0.05, 0.1) is 0 Å². The number of carbonyl (C=O) groups is 1. The van der Waals surface area contributed by atoms with Crippen LogP contribution in [0.25, 0.3) is 10.6 Å². The van der Waals surface area contributed by atoms with Gasteiger partial charge in [0.15, 0.2) is 0 Å². The Hall–Kier alpha value is -3.11. The zero-order valence-electron chi connectivity index (χ0n) is 21.4. The molecule has 0 amide bonds. The second kappa shape index (κ2) is 10.9. The van der Waals surface area contributed by atoms with Gasteiger partial charge in [-0.3, -0.25) is 0 Å². The number of hydrogen-bond acceptors (Lipinski definition) is 4. The number of esters is 1. The summed E-state index contributed by atoms with van der Waals surface area (Å²) in [6, 6.07) is 39.2. The fourth-order valence-corrected chi connectivity index (χ4v) is 12.9. The molecule has 192 valence electrons. The first-order chi connectivity index (χ1) is 18.4. The molecule has 0 saturated carbocycles.